The second-order valence-corrected chi connectivity index (χ2v) is 6.27. The molecular weight excluding hydrogens is 320 g/mol. The van der Waals surface area contributed by atoms with E-state index in [-0.39, 0.29) is 18.1 Å². The van der Waals surface area contributed by atoms with Gasteiger partial charge in [-0.1, -0.05) is 12.1 Å². The molecule has 3 rings (SSSR count). The van der Waals surface area contributed by atoms with Crippen molar-refractivity contribution in [1.82, 2.24) is 20.1 Å². The van der Waals surface area contributed by atoms with Gasteiger partial charge >= 0.3 is 0 Å². The molecule has 25 heavy (non-hydrogen) atoms. The molecule has 0 radical (unpaired) electrons. The molecule has 3 atom stereocenters. The summed E-state index contributed by atoms with van der Waals surface area (Å²) in [6.45, 7) is 4.98. The quantitative estimate of drug-likeness (QED) is 0.831. The first-order valence-corrected chi connectivity index (χ1v) is 8.62. The van der Waals surface area contributed by atoms with E-state index in [1.54, 1.807) is 17.9 Å². The van der Waals surface area contributed by atoms with Crippen LogP contribution >= 0.6 is 0 Å². The van der Waals surface area contributed by atoms with Crippen molar-refractivity contribution < 1.29 is 14.3 Å². The molecule has 1 fully saturated rings. The molecular formula is C18H24N4O3. The van der Waals surface area contributed by atoms with E-state index in [9.17, 15) is 4.79 Å². The maximum absolute atomic E-state index is 12.3. The highest BCUT2D eigenvalue weighted by atomic mass is 16.5. The fraction of sp³-hybridized carbons (Fsp3) is 0.500. The molecule has 1 saturated heterocycles. The first-order valence-electron chi connectivity index (χ1n) is 8.62. The lowest BCUT2D eigenvalue weighted by molar-refractivity contribution is -0.134. The molecule has 1 aliphatic heterocycles. The van der Waals surface area contributed by atoms with Crippen molar-refractivity contribution in [3.8, 4) is 5.69 Å². The second kappa shape index (κ2) is 8.22. The molecule has 134 valence electrons. The normalized spacial score (nSPS) is 19.5. The molecule has 1 aromatic carbocycles. The highest BCUT2D eigenvalue weighted by molar-refractivity contribution is 5.80. The van der Waals surface area contributed by atoms with Gasteiger partial charge in [0.25, 0.3) is 0 Å². The van der Waals surface area contributed by atoms with Gasteiger partial charge in [-0.15, -0.1) is 0 Å². The summed E-state index contributed by atoms with van der Waals surface area (Å²) in [6, 6.07) is 7.74. The van der Waals surface area contributed by atoms with Crippen LogP contribution in [0.25, 0.3) is 5.69 Å². The van der Waals surface area contributed by atoms with Gasteiger partial charge in [0, 0.05) is 6.61 Å². The van der Waals surface area contributed by atoms with E-state index in [0.29, 0.717) is 6.61 Å². The zero-order valence-electron chi connectivity index (χ0n) is 14.6. The summed E-state index contributed by atoms with van der Waals surface area (Å²) >= 11 is 0. The Balaban J connectivity index is 1.50. The number of hydrogen-bond acceptors (Lipinski definition) is 5. The van der Waals surface area contributed by atoms with Gasteiger partial charge in [0.1, 0.15) is 18.8 Å². The highest BCUT2D eigenvalue weighted by Crippen LogP contribution is 2.16. The topological polar surface area (TPSA) is 78.3 Å². The van der Waals surface area contributed by atoms with Gasteiger partial charge in [0.05, 0.1) is 24.4 Å². The molecule has 3 unspecified atom stereocenters. The van der Waals surface area contributed by atoms with E-state index in [1.165, 1.54) is 6.33 Å². The third-order valence-corrected chi connectivity index (χ3v) is 4.36. The fourth-order valence-corrected chi connectivity index (χ4v) is 2.77. The summed E-state index contributed by atoms with van der Waals surface area (Å²) in [5, 5.41) is 7.08. The second-order valence-electron chi connectivity index (χ2n) is 6.27. The smallest absolute Gasteiger partial charge is 0.249 e. The molecule has 0 aliphatic carbocycles. The first kappa shape index (κ1) is 17.6. The fourth-order valence-electron chi connectivity index (χ4n) is 2.77. The maximum Gasteiger partial charge on any atom is 0.249 e. The minimum absolute atomic E-state index is 0.105. The van der Waals surface area contributed by atoms with E-state index >= 15 is 0 Å². The Morgan fingerprint density at radius 1 is 1.40 bits per heavy atom. The van der Waals surface area contributed by atoms with E-state index < -0.39 is 6.10 Å². The van der Waals surface area contributed by atoms with Crippen molar-refractivity contribution in [3.05, 3.63) is 42.5 Å². The summed E-state index contributed by atoms with van der Waals surface area (Å²) in [5.41, 5.74) is 1.94. The predicted molar refractivity (Wildman–Crippen MR) is 92.3 cm³/mol. The number of rotatable bonds is 7. The standard InChI is InChI=1S/C18H24N4O3/c1-13(15-5-7-16(8-6-15)22-12-19-11-20-22)21-18(23)14(2)25-10-17-4-3-9-24-17/h5-8,11-14,17H,3-4,9-10H2,1-2H3,(H,21,23). The van der Waals surface area contributed by atoms with Crippen molar-refractivity contribution in [2.24, 2.45) is 0 Å². The van der Waals surface area contributed by atoms with Crippen molar-refractivity contribution in [1.29, 1.82) is 0 Å². The number of carbonyl (C=O) groups excluding carboxylic acids is 1. The largest absolute Gasteiger partial charge is 0.376 e. The van der Waals surface area contributed by atoms with E-state index in [4.69, 9.17) is 9.47 Å². The van der Waals surface area contributed by atoms with Crippen molar-refractivity contribution in [2.45, 2.75) is 44.9 Å². The lowest BCUT2D eigenvalue weighted by Gasteiger charge is -2.20. The monoisotopic (exact) mass is 344 g/mol. The Labute approximate surface area is 147 Å². The van der Waals surface area contributed by atoms with Crippen molar-refractivity contribution in [2.75, 3.05) is 13.2 Å². The Morgan fingerprint density at radius 3 is 2.84 bits per heavy atom. The number of nitrogens with zero attached hydrogens (tertiary/aromatic N) is 3. The number of benzene rings is 1. The molecule has 1 aromatic heterocycles. The molecule has 1 aliphatic rings. The average Bonchev–Trinajstić information content (AvgIpc) is 3.33. The van der Waals surface area contributed by atoms with Gasteiger partial charge in [-0.05, 0) is 44.4 Å². The highest BCUT2D eigenvalue weighted by Gasteiger charge is 2.21. The van der Waals surface area contributed by atoms with Gasteiger partial charge < -0.3 is 14.8 Å². The van der Waals surface area contributed by atoms with E-state index in [1.807, 2.05) is 31.2 Å². The Kier molecular flexibility index (Phi) is 5.78. The molecule has 1 amide bonds. The number of hydrogen-bond donors (Lipinski definition) is 1. The third-order valence-electron chi connectivity index (χ3n) is 4.36. The van der Waals surface area contributed by atoms with Gasteiger partial charge in [-0.2, -0.15) is 5.10 Å². The van der Waals surface area contributed by atoms with Gasteiger partial charge in [-0.3, -0.25) is 4.79 Å². The average molecular weight is 344 g/mol. The molecule has 0 spiro atoms. The van der Waals surface area contributed by atoms with Crippen LogP contribution in [0, 0.1) is 0 Å². The SMILES string of the molecule is CC(OCC1CCCO1)C(=O)NC(C)c1ccc(-n2cncn2)cc1. The zero-order valence-corrected chi connectivity index (χ0v) is 14.6. The van der Waals surface area contributed by atoms with Crippen LogP contribution in [0.15, 0.2) is 36.9 Å². The predicted octanol–water partition coefficient (Wildman–Crippen LogP) is 2.03. The Bertz CT molecular complexity index is 666. The van der Waals surface area contributed by atoms with Crippen LogP contribution in [0.2, 0.25) is 0 Å². The lowest BCUT2D eigenvalue weighted by Crippen LogP contribution is -2.37. The number of nitrogens with one attached hydrogen (secondary N) is 1. The number of carbonyl (C=O) groups is 1. The Morgan fingerprint density at radius 2 is 2.20 bits per heavy atom. The molecule has 2 aromatic rings. The molecule has 7 heteroatoms. The minimum Gasteiger partial charge on any atom is -0.376 e. The summed E-state index contributed by atoms with van der Waals surface area (Å²) in [4.78, 5) is 16.2. The lowest BCUT2D eigenvalue weighted by atomic mass is 10.1. The van der Waals surface area contributed by atoms with Gasteiger partial charge in [-0.25, -0.2) is 9.67 Å². The van der Waals surface area contributed by atoms with E-state index in [2.05, 4.69) is 15.4 Å². The zero-order chi connectivity index (χ0) is 17.6. The van der Waals surface area contributed by atoms with Crippen LogP contribution in [0.5, 0.6) is 0 Å². The summed E-state index contributed by atoms with van der Waals surface area (Å²) in [6.07, 6.45) is 4.83. The van der Waals surface area contributed by atoms with Gasteiger partial charge in [0.2, 0.25) is 5.91 Å². The number of amides is 1. The van der Waals surface area contributed by atoms with Crippen LogP contribution in [-0.2, 0) is 14.3 Å². The first-order chi connectivity index (χ1) is 12.1. The van der Waals surface area contributed by atoms with Gasteiger partial charge in [0.15, 0.2) is 0 Å². The van der Waals surface area contributed by atoms with Crippen LogP contribution in [-0.4, -0.2) is 46.1 Å². The number of ether oxygens (including phenoxy) is 2. The molecule has 2 heterocycles. The Hall–Kier alpha value is -2.25. The summed E-state index contributed by atoms with van der Waals surface area (Å²) < 4.78 is 12.8. The van der Waals surface area contributed by atoms with Crippen molar-refractivity contribution in [3.63, 3.8) is 0 Å². The van der Waals surface area contributed by atoms with Crippen LogP contribution in [0.4, 0.5) is 0 Å². The molecule has 0 saturated carbocycles. The molecule has 0 bridgehead atoms. The molecule has 1 N–H and O–H groups in total. The van der Waals surface area contributed by atoms with Crippen molar-refractivity contribution >= 4 is 5.91 Å². The minimum atomic E-state index is -0.499. The van der Waals surface area contributed by atoms with E-state index in [0.717, 1.165) is 30.7 Å². The van der Waals surface area contributed by atoms with Crippen LogP contribution in [0.3, 0.4) is 0 Å². The molecule has 7 nitrogen and oxygen atoms in total. The number of aromatic nitrogens is 3. The third kappa shape index (κ3) is 4.64. The summed E-state index contributed by atoms with van der Waals surface area (Å²) in [7, 11) is 0. The maximum atomic E-state index is 12.3. The van der Waals surface area contributed by atoms with Crippen LogP contribution in [0.1, 0.15) is 38.3 Å². The summed E-state index contributed by atoms with van der Waals surface area (Å²) in [5.74, 6) is -0.120. The van der Waals surface area contributed by atoms with Crippen LogP contribution < -0.4 is 5.32 Å².